The largest absolute Gasteiger partial charge is 0.492 e. The first-order chi connectivity index (χ1) is 21.8. The summed E-state index contributed by atoms with van der Waals surface area (Å²) >= 11 is 0. The van der Waals surface area contributed by atoms with Crippen molar-refractivity contribution in [3.63, 3.8) is 0 Å². The van der Waals surface area contributed by atoms with E-state index >= 15 is 0 Å². The number of fused-ring (bicyclic) bond motifs is 10. The first-order valence-corrected chi connectivity index (χ1v) is 18.7. The van der Waals surface area contributed by atoms with Crippen molar-refractivity contribution in [2.24, 2.45) is 0 Å². The lowest BCUT2D eigenvalue weighted by Gasteiger charge is -2.22. The Morgan fingerprint density at radius 2 is 0.800 bits per heavy atom. The van der Waals surface area contributed by atoms with Gasteiger partial charge >= 0.3 is 7.12 Å². The number of hydrogen-bond acceptors (Lipinski definition) is 4. The lowest BCUT2D eigenvalue weighted by molar-refractivity contribution is 0.421. The molecule has 220 valence electrons. The minimum Gasteiger partial charge on any atom is -0.456 e. The normalized spacial score (nSPS) is 12.0. The highest BCUT2D eigenvalue weighted by Gasteiger charge is 2.28. The van der Waals surface area contributed by atoms with E-state index in [2.05, 4.69) is 86.4 Å². The fourth-order valence-corrected chi connectivity index (χ4v) is 7.68. The van der Waals surface area contributed by atoms with Gasteiger partial charge in [0, 0.05) is 27.7 Å². The fraction of sp³-hybridized carbons (Fsp3) is 0.0769. The van der Waals surface area contributed by atoms with E-state index in [0.29, 0.717) is 17.0 Å². The summed E-state index contributed by atoms with van der Waals surface area (Å²) in [7, 11) is -3.08. The zero-order valence-corrected chi connectivity index (χ0v) is 26.5. The van der Waals surface area contributed by atoms with E-state index in [-0.39, 0.29) is 0 Å². The summed E-state index contributed by atoms with van der Waals surface area (Å²) in [4.78, 5) is 0. The number of para-hydroxylation sites is 4. The van der Waals surface area contributed by atoms with Crippen molar-refractivity contribution in [3.05, 3.63) is 133 Å². The van der Waals surface area contributed by atoms with Gasteiger partial charge in [0.15, 0.2) is 0 Å². The molecule has 0 atom stereocenters. The predicted octanol–water partition coefficient (Wildman–Crippen LogP) is 8.48. The molecule has 0 aromatic heterocycles. The van der Waals surface area contributed by atoms with Crippen LogP contribution in [0.15, 0.2) is 133 Å². The molecular formula is C39H33BO4Si. The summed E-state index contributed by atoms with van der Waals surface area (Å²) in [5.74, 6) is 3.20. The van der Waals surface area contributed by atoms with E-state index in [0.717, 1.165) is 33.8 Å². The van der Waals surface area contributed by atoms with Crippen molar-refractivity contribution >= 4 is 25.8 Å². The van der Waals surface area contributed by atoms with Crippen molar-refractivity contribution in [1.82, 2.24) is 0 Å². The van der Waals surface area contributed by atoms with Crippen molar-refractivity contribution < 1.29 is 19.5 Å². The number of rotatable bonds is 2. The highest BCUT2D eigenvalue weighted by atomic mass is 28.3. The maximum absolute atomic E-state index is 9.64. The molecule has 2 N–H and O–H groups in total. The van der Waals surface area contributed by atoms with E-state index in [1.54, 1.807) is 6.07 Å². The lowest BCUT2D eigenvalue weighted by Crippen LogP contribution is -2.38. The SMILES string of the molecule is C[Si](C)(C)c1cccc2c1Oc1ccccc1-c1ccccc1-2.OB(O)c1cccc2c1Oc1ccccc1-c1ccccc1-2. The van der Waals surface area contributed by atoms with Gasteiger partial charge in [0.05, 0.1) is 8.07 Å². The van der Waals surface area contributed by atoms with Crippen LogP contribution in [0.4, 0.5) is 0 Å². The molecule has 0 saturated heterocycles. The van der Waals surface area contributed by atoms with Gasteiger partial charge in [-0.2, -0.15) is 0 Å². The third-order valence-electron chi connectivity index (χ3n) is 8.36. The Kier molecular flexibility index (Phi) is 7.42. The van der Waals surface area contributed by atoms with Crippen molar-refractivity contribution in [1.29, 1.82) is 0 Å². The highest BCUT2D eigenvalue weighted by Crippen LogP contribution is 2.47. The van der Waals surface area contributed by atoms with Gasteiger partial charge in [-0.1, -0.05) is 141 Å². The van der Waals surface area contributed by atoms with Crippen LogP contribution in [-0.2, 0) is 0 Å². The Morgan fingerprint density at radius 3 is 1.29 bits per heavy atom. The average Bonchev–Trinajstić information content (AvgIpc) is 3.29. The van der Waals surface area contributed by atoms with E-state index in [1.165, 1.54) is 27.4 Å². The van der Waals surface area contributed by atoms with Gasteiger partial charge in [0.2, 0.25) is 0 Å². The minimum atomic E-state index is -1.58. The first kappa shape index (κ1) is 28.9. The average molecular weight is 605 g/mol. The van der Waals surface area contributed by atoms with Crippen LogP contribution in [0.2, 0.25) is 19.6 Å². The molecule has 2 aliphatic heterocycles. The molecule has 0 fully saturated rings. The zero-order valence-electron chi connectivity index (χ0n) is 25.5. The van der Waals surface area contributed by atoms with E-state index in [9.17, 15) is 10.0 Å². The third-order valence-corrected chi connectivity index (χ3v) is 10.4. The molecule has 6 aromatic carbocycles. The van der Waals surface area contributed by atoms with Crippen LogP contribution in [-0.4, -0.2) is 25.2 Å². The molecule has 0 bridgehead atoms. The predicted molar refractivity (Wildman–Crippen MR) is 188 cm³/mol. The summed E-state index contributed by atoms with van der Waals surface area (Å²) in [6.07, 6.45) is 0. The van der Waals surface area contributed by atoms with Crippen LogP contribution < -0.4 is 20.1 Å². The number of benzene rings is 6. The van der Waals surface area contributed by atoms with Gasteiger partial charge in [-0.25, -0.2) is 0 Å². The summed E-state index contributed by atoms with van der Waals surface area (Å²) in [5.41, 5.74) is 9.18. The highest BCUT2D eigenvalue weighted by molar-refractivity contribution is 6.89. The molecule has 4 nitrogen and oxygen atoms in total. The van der Waals surface area contributed by atoms with Crippen molar-refractivity contribution in [3.8, 4) is 67.5 Å². The molecule has 0 unspecified atom stereocenters. The topological polar surface area (TPSA) is 58.9 Å². The third kappa shape index (κ3) is 5.27. The van der Waals surface area contributed by atoms with Crippen LogP contribution >= 0.6 is 0 Å². The standard InChI is InChI=1S/C21H20OSi.C18H13BO3/c1-23(2,3)20-14-8-12-18-16-10-5-4-9-15(16)17-11-6-7-13-19(17)22-21(18)20;20-19(21)16-10-5-9-15-13-7-2-1-6-12(13)14-8-3-4-11-17(14)22-18(15)16/h4-14H,1-3H3;1-11,20-21H. The molecule has 6 aromatic rings. The molecule has 8 rings (SSSR count). The molecule has 6 heteroatoms. The van der Waals surface area contributed by atoms with Gasteiger partial charge in [-0.05, 0) is 39.6 Å². The summed E-state index contributed by atoms with van der Waals surface area (Å²) in [6.45, 7) is 7.11. The molecule has 2 heterocycles. The smallest absolute Gasteiger partial charge is 0.456 e. The summed E-state index contributed by atoms with van der Waals surface area (Å²) in [6, 6.07) is 44.8. The molecule has 0 amide bonds. The maximum atomic E-state index is 9.64. The lowest BCUT2D eigenvalue weighted by atomic mass is 9.77. The molecule has 45 heavy (non-hydrogen) atoms. The zero-order chi connectivity index (χ0) is 31.1. The summed E-state index contributed by atoms with van der Waals surface area (Å²) < 4.78 is 12.5. The Bertz CT molecular complexity index is 2050. The number of hydrogen-bond donors (Lipinski definition) is 2. The Balaban J connectivity index is 0.000000145. The van der Waals surface area contributed by atoms with Crippen LogP contribution in [0.3, 0.4) is 0 Å². The monoisotopic (exact) mass is 604 g/mol. The van der Waals surface area contributed by atoms with E-state index in [1.807, 2.05) is 60.7 Å². The Hall–Kier alpha value is -4.88. The minimum absolute atomic E-state index is 0.365. The second-order valence-electron chi connectivity index (χ2n) is 12.3. The molecule has 0 radical (unpaired) electrons. The molecule has 0 saturated carbocycles. The quantitative estimate of drug-likeness (QED) is 0.194. The van der Waals surface area contributed by atoms with E-state index < -0.39 is 15.2 Å². The Morgan fingerprint density at radius 1 is 0.422 bits per heavy atom. The van der Waals surface area contributed by atoms with Crippen LogP contribution in [0.1, 0.15) is 0 Å². The molecular weight excluding hydrogens is 571 g/mol. The van der Waals surface area contributed by atoms with Crippen LogP contribution in [0, 0.1) is 0 Å². The van der Waals surface area contributed by atoms with Crippen LogP contribution in [0.5, 0.6) is 23.0 Å². The molecule has 0 aliphatic carbocycles. The second-order valence-corrected chi connectivity index (χ2v) is 17.4. The fourth-order valence-electron chi connectivity index (χ4n) is 6.22. The van der Waals surface area contributed by atoms with Crippen LogP contribution in [0.25, 0.3) is 44.5 Å². The maximum Gasteiger partial charge on any atom is 0.492 e. The molecule has 0 spiro atoms. The summed E-state index contributed by atoms with van der Waals surface area (Å²) in [5, 5.41) is 20.7. The second kappa shape index (κ2) is 11.6. The molecule has 2 aliphatic rings. The number of ether oxygens (including phenoxy) is 2. The van der Waals surface area contributed by atoms with Gasteiger partial charge < -0.3 is 19.5 Å². The first-order valence-electron chi connectivity index (χ1n) is 15.2. The van der Waals surface area contributed by atoms with Crippen molar-refractivity contribution in [2.75, 3.05) is 0 Å². The van der Waals surface area contributed by atoms with Gasteiger partial charge in [0.25, 0.3) is 0 Å². The van der Waals surface area contributed by atoms with Crippen molar-refractivity contribution in [2.45, 2.75) is 19.6 Å². The van der Waals surface area contributed by atoms with Gasteiger partial charge in [0.1, 0.15) is 23.0 Å². The van der Waals surface area contributed by atoms with Gasteiger partial charge in [-0.3, -0.25) is 0 Å². The van der Waals surface area contributed by atoms with Gasteiger partial charge in [-0.15, -0.1) is 0 Å². The van der Waals surface area contributed by atoms with E-state index in [4.69, 9.17) is 9.47 Å². The Labute approximate surface area is 265 Å².